The normalized spacial score (nSPS) is 26.6. The molecule has 1 aliphatic heterocycles. The monoisotopic (exact) mass is 426 g/mol. The van der Waals surface area contributed by atoms with Gasteiger partial charge < -0.3 is 4.90 Å². The first-order chi connectivity index (χ1) is 14.3. The van der Waals surface area contributed by atoms with Crippen LogP contribution in [0, 0.1) is 16.7 Å². The second-order valence-corrected chi connectivity index (χ2v) is 11.9. The van der Waals surface area contributed by atoms with E-state index in [9.17, 15) is 4.79 Å². The Morgan fingerprint density at radius 1 is 1.23 bits per heavy atom. The van der Waals surface area contributed by atoms with Crippen LogP contribution in [-0.2, 0) is 4.79 Å². The van der Waals surface area contributed by atoms with Gasteiger partial charge in [0.1, 0.15) is 5.66 Å². The molecule has 1 unspecified atom stereocenters. The lowest BCUT2D eigenvalue weighted by Gasteiger charge is -2.48. The summed E-state index contributed by atoms with van der Waals surface area (Å²) in [6.45, 7) is 22.0. The maximum atomic E-state index is 13.2. The maximum Gasteiger partial charge on any atom is 0.267 e. The molecule has 1 atom stereocenters. The van der Waals surface area contributed by atoms with E-state index in [4.69, 9.17) is 4.99 Å². The Labute approximate surface area is 191 Å². The molecule has 3 heteroatoms. The second-order valence-electron chi connectivity index (χ2n) is 11.9. The van der Waals surface area contributed by atoms with Crippen molar-refractivity contribution >= 4 is 12.1 Å². The highest BCUT2D eigenvalue weighted by atomic mass is 16.2. The first-order valence-electron chi connectivity index (χ1n) is 12.2. The molecule has 0 saturated heterocycles. The number of aliphatic imine (C=N–C) groups is 1. The molecule has 0 bridgehead atoms. The number of rotatable bonds is 7. The average molecular weight is 427 g/mol. The summed E-state index contributed by atoms with van der Waals surface area (Å²) in [5.74, 6) is 0.787. The van der Waals surface area contributed by atoms with E-state index in [0.717, 1.165) is 50.5 Å². The van der Waals surface area contributed by atoms with Gasteiger partial charge in [-0.1, -0.05) is 78.8 Å². The molecule has 0 aromatic carbocycles. The van der Waals surface area contributed by atoms with Crippen LogP contribution in [0.25, 0.3) is 0 Å². The van der Waals surface area contributed by atoms with E-state index >= 15 is 0 Å². The van der Waals surface area contributed by atoms with Crippen LogP contribution >= 0.6 is 0 Å². The zero-order chi connectivity index (χ0) is 23.4. The number of hydrogen-bond acceptors (Lipinski definition) is 2. The Kier molecular flexibility index (Phi) is 8.16. The molecule has 1 heterocycles. The van der Waals surface area contributed by atoms with Crippen molar-refractivity contribution in [2.45, 2.75) is 112 Å². The molecule has 1 amide bonds. The first-order valence-corrected chi connectivity index (χ1v) is 12.2. The highest BCUT2D eigenvalue weighted by Gasteiger charge is 2.49. The average Bonchev–Trinajstić information content (AvgIpc) is 2.98. The van der Waals surface area contributed by atoms with Gasteiger partial charge in [-0.25, -0.2) is 0 Å². The van der Waals surface area contributed by atoms with Crippen LogP contribution in [0.5, 0.6) is 0 Å². The topological polar surface area (TPSA) is 32.7 Å². The number of allylic oxidation sites excluding steroid dienone is 4. The lowest BCUT2D eigenvalue weighted by atomic mass is 9.69. The SMILES string of the molecule is C=C/C(C)=C\C=C(/CC)C(CCC(C)(C)C)N1C(=O)C=NC12CCC(C(C)(C)C)CC2. The predicted molar refractivity (Wildman–Crippen MR) is 134 cm³/mol. The maximum absolute atomic E-state index is 13.2. The summed E-state index contributed by atoms with van der Waals surface area (Å²) < 4.78 is 0. The minimum atomic E-state index is -0.354. The van der Waals surface area contributed by atoms with E-state index in [1.165, 1.54) is 5.57 Å². The lowest BCUT2D eigenvalue weighted by Crippen LogP contribution is -2.54. The van der Waals surface area contributed by atoms with Crippen molar-refractivity contribution in [3.05, 3.63) is 36.0 Å². The van der Waals surface area contributed by atoms with Gasteiger partial charge in [-0.2, -0.15) is 0 Å². The molecule has 0 aromatic heterocycles. The molecular formula is C28H46N2O. The largest absolute Gasteiger partial charge is 0.306 e. The van der Waals surface area contributed by atoms with Gasteiger partial charge in [0.05, 0.1) is 12.3 Å². The summed E-state index contributed by atoms with van der Waals surface area (Å²) in [5.41, 5.74) is 2.65. The van der Waals surface area contributed by atoms with Gasteiger partial charge in [-0.15, -0.1) is 0 Å². The highest BCUT2D eigenvalue weighted by molar-refractivity contribution is 6.28. The third kappa shape index (κ3) is 6.43. The van der Waals surface area contributed by atoms with Crippen LogP contribution in [-0.4, -0.2) is 28.7 Å². The minimum Gasteiger partial charge on any atom is -0.306 e. The zero-order valence-corrected chi connectivity index (χ0v) is 21.4. The fraction of sp³-hybridized carbons (Fsp3) is 0.714. The molecule has 2 aliphatic rings. The Balaban J connectivity index is 2.40. The number of carbonyl (C=O) groups excluding carboxylic acids is 1. The van der Waals surface area contributed by atoms with Gasteiger partial charge in [0.25, 0.3) is 5.91 Å². The van der Waals surface area contributed by atoms with Crippen LogP contribution in [0.2, 0.25) is 0 Å². The van der Waals surface area contributed by atoms with Crippen molar-refractivity contribution in [1.82, 2.24) is 4.90 Å². The molecule has 0 N–H and O–H groups in total. The van der Waals surface area contributed by atoms with Crippen molar-refractivity contribution in [3.63, 3.8) is 0 Å². The van der Waals surface area contributed by atoms with Crippen LogP contribution in [0.4, 0.5) is 0 Å². The smallest absolute Gasteiger partial charge is 0.267 e. The van der Waals surface area contributed by atoms with Gasteiger partial charge >= 0.3 is 0 Å². The molecule has 1 spiro atoms. The summed E-state index contributed by atoms with van der Waals surface area (Å²) in [6.07, 6.45) is 15.1. The van der Waals surface area contributed by atoms with E-state index in [1.54, 1.807) is 6.21 Å². The molecule has 174 valence electrons. The van der Waals surface area contributed by atoms with E-state index in [2.05, 4.69) is 79.0 Å². The van der Waals surface area contributed by atoms with Gasteiger partial charge in [-0.05, 0) is 74.2 Å². The lowest BCUT2D eigenvalue weighted by molar-refractivity contribution is -0.132. The van der Waals surface area contributed by atoms with Crippen LogP contribution in [0.1, 0.15) is 100 Å². The highest BCUT2D eigenvalue weighted by Crippen LogP contribution is 2.47. The van der Waals surface area contributed by atoms with Gasteiger partial charge in [0, 0.05) is 0 Å². The van der Waals surface area contributed by atoms with E-state index in [-0.39, 0.29) is 23.0 Å². The van der Waals surface area contributed by atoms with Crippen molar-refractivity contribution in [3.8, 4) is 0 Å². The minimum absolute atomic E-state index is 0.0943. The fourth-order valence-electron chi connectivity index (χ4n) is 5.09. The summed E-state index contributed by atoms with van der Waals surface area (Å²) in [5, 5.41) is 0. The quantitative estimate of drug-likeness (QED) is 0.388. The van der Waals surface area contributed by atoms with Crippen molar-refractivity contribution < 1.29 is 4.79 Å². The zero-order valence-electron chi connectivity index (χ0n) is 21.4. The number of hydrogen-bond donors (Lipinski definition) is 0. The van der Waals surface area contributed by atoms with Gasteiger partial charge in [-0.3, -0.25) is 9.79 Å². The Hall–Kier alpha value is -1.64. The molecule has 31 heavy (non-hydrogen) atoms. The fourth-order valence-corrected chi connectivity index (χ4v) is 5.09. The van der Waals surface area contributed by atoms with Crippen LogP contribution in [0.15, 0.2) is 40.9 Å². The Morgan fingerprint density at radius 3 is 2.32 bits per heavy atom. The van der Waals surface area contributed by atoms with Crippen LogP contribution in [0.3, 0.4) is 0 Å². The number of nitrogens with zero attached hydrogens (tertiary/aromatic N) is 2. The molecule has 3 nitrogen and oxygen atoms in total. The van der Waals surface area contributed by atoms with Gasteiger partial charge in [0.2, 0.25) is 0 Å². The second kappa shape index (κ2) is 9.88. The molecule has 1 saturated carbocycles. The molecule has 1 aliphatic carbocycles. The first kappa shape index (κ1) is 25.6. The Morgan fingerprint density at radius 2 is 1.84 bits per heavy atom. The van der Waals surface area contributed by atoms with Gasteiger partial charge in [0.15, 0.2) is 0 Å². The number of amides is 1. The summed E-state index contributed by atoms with van der Waals surface area (Å²) >= 11 is 0. The summed E-state index contributed by atoms with van der Waals surface area (Å²) in [4.78, 5) is 20.3. The summed E-state index contributed by atoms with van der Waals surface area (Å²) in [6, 6.07) is 0.0966. The number of carbonyl (C=O) groups is 1. The third-order valence-electron chi connectivity index (χ3n) is 7.31. The third-order valence-corrected chi connectivity index (χ3v) is 7.31. The standard InChI is InChI=1S/C28H46N2O/c1-10-21(3)12-13-22(11-2)24(16-17-26(4,5)6)30-25(31)20-29-28(30)18-14-23(15-19-28)27(7,8)9/h10,12-13,20,23-24H,1,11,14-19H2,2-9H3/b21-12-,22-13+. The van der Waals surface area contributed by atoms with Crippen LogP contribution < -0.4 is 0 Å². The van der Waals surface area contributed by atoms with Crippen molar-refractivity contribution in [1.29, 1.82) is 0 Å². The predicted octanol–water partition coefficient (Wildman–Crippen LogP) is 7.50. The molecular weight excluding hydrogens is 380 g/mol. The van der Waals surface area contributed by atoms with E-state index < -0.39 is 0 Å². The molecule has 0 radical (unpaired) electrons. The Bertz CT molecular complexity index is 734. The molecule has 1 fully saturated rings. The molecule has 0 aromatic rings. The van der Waals surface area contributed by atoms with E-state index in [1.807, 2.05) is 6.08 Å². The summed E-state index contributed by atoms with van der Waals surface area (Å²) in [7, 11) is 0. The van der Waals surface area contributed by atoms with E-state index in [0.29, 0.717) is 11.3 Å². The van der Waals surface area contributed by atoms with Crippen molar-refractivity contribution in [2.24, 2.45) is 21.7 Å². The van der Waals surface area contributed by atoms with Crippen molar-refractivity contribution in [2.75, 3.05) is 0 Å². The molecule has 2 rings (SSSR count).